The molecule has 0 unspecified atom stereocenters. The van der Waals surface area contributed by atoms with Crippen molar-refractivity contribution in [3.63, 3.8) is 0 Å². The van der Waals surface area contributed by atoms with E-state index in [-0.39, 0.29) is 18.7 Å². The molecule has 1 aromatic carbocycles. The van der Waals surface area contributed by atoms with E-state index in [0.29, 0.717) is 25.3 Å². The zero-order valence-electron chi connectivity index (χ0n) is 11.7. The van der Waals surface area contributed by atoms with E-state index < -0.39 is 17.7 Å². The van der Waals surface area contributed by atoms with Gasteiger partial charge in [-0.2, -0.15) is 0 Å². The van der Waals surface area contributed by atoms with Crippen molar-refractivity contribution in [1.29, 1.82) is 0 Å². The Morgan fingerprint density at radius 3 is 2.95 bits per heavy atom. The van der Waals surface area contributed by atoms with Gasteiger partial charge in [0.2, 0.25) is 0 Å². The Labute approximate surface area is 121 Å². The first-order chi connectivity index (χ1) is 10.0. The monoisotopic (exact) mass is 300 g/mol. The lowest BCUT2D eigenvalue weighted by molar-refractivity contribution is -0.0404. The molecular formula is C14H18F2N2O3. The summed E-state index contributed by atoms with van der Waals surface area (Å²) in [4.78, 5) is 13.6. The van der Waals surface area contributed by atoms with Crippen molar-refractivity contribution >= 4 is 6.03 Å². The Hall–Kier alpha value is -1.73. The lowest BCUT2D eigenvalue weighted by Crippen LogP contribution is -2.50. The van der Waals surface area contributed by atoms with E-state index in [4.69, 9.17) is 9.84 Å². The molecule has 2 atom stereocenters. The third-order valence-corrected chi connectivity index (χ3v) is 3.41. The van der Waals surface area contributed by atoms with Crippen LogP contribution in [0.15, 0.2) is 18.2 Å². The van der Waals surface area contributed by atoms with Gasteiger partial charge in [-0.15, -0.1) is 0 Å². The number of benzene rings is 1. The van der Waals surface area contributed by atoms with Crippen LogP contribution >= 0.6 is 0 Å². The predicted molar refractivity (Wildman–Crippen MR) is 71.7 cm³/mol. The smallest absolute Gasteiger partial charge is 0.318 e. The summed E-state index contributed by atoms with van der Waals surface area (Å²) in [5.41, 5.74) is 0.481. The van der Waals surface area contributed by atoms with E-state index in [9.17, 15) is 13.6 Å². The number of carbonyl (C=O) groups is 1. The van der Waals surface area contributed by atoms with Gasteiger partial charge in [-0.1, -0.05) is 6.07 Å². The van der Waals surface area contributed by atoms with Crippen LogP contribution < -0.4 is 5.32 Å². The summed E-state index contributed by atoms with van der Waals surface area (Å²) in [6, 6.07) is 2.75. The quantitative estimate of drug-likeness (QED) is 0.887. The number of amides is 2. The lowest BCUT2D eigenvalue weighted by atomic mass is 10.1. The van der Waals surface area contributed by atoms with Crippen LogP contribution in [0.1, 0.15) is 18.5 Å². The van der Waals surface area contributed by atoms with Gasteiger partial charge in [0.25, 0.3) is 0 Å². The summed E-state index contributed by atoms with van der Waals surface area (Å²) in [7, 11) is 0. The van der Waals surface area contributed by atoms with Gasteiger partial charge in [0.15, 0.2) is 11.6 Å². The van der Waals surface area contributed by atoms with Crippen molar-refractivity contribution in [3.8, 4) is 0 Å². The van der Waals surface area contributed by atoms with Gasteiger partial charge in [-0.25, -0.2) is 13.6 Å². The van der Waals surface area contributed by atoms with Gasteiger partial charge in [-0.05, 0) is 24.6 Å². The molecule has 1 saturated heterocycles. The molecule has 1 aliphatic heterocycles. The average Bonchev–Trinajstić information content (AvgIpc) is 2.49. The summed E-state index contributed by atoms with van der Waals surface area (Å²) < 4.78 is 31.3. The largest absolute Gasteiger partial charge is 0.394 e. The number of urea groups is 1. The summed E-state index contributed by atoms with van der Waals surface area (Å²) in [6.07, 6.45) is -0.386. The van der Waals surface area contributed by atoms with Crippen molar-refractivity contribution in [1.82, 2.24) is 10.2 Å². The van der Waals surface area contributed by atoms with Crippen molar-refractivity contribution in [2.45, 2.75) is 19.1 Å². The zero-order valence-corrected chi connectivity index (χ0v) is 11.7. The van der Waals surface area contributed by atoms with Crippen molar-refractivity contribution in [3.05, 3.63) is 35.4 Å². The second-order valence-electron chi connectivity index (χ2n) is 4.97. The first-order valence-corrected chi connectivity index (χ1v) is 6.74. The first kappa shape index (κ1) is 15.7. The number of hydrogen-bond donors (Lipinski definition) is 2. The Morgan fingerprint density at radius 1 is 1.52 bits per heavy atom. The Balaban J connectivity index is 1.96. The number of aliphatic hydroxyl groups is 1. The van der Waals surface area contributed by atoms with Gasteiger partial charge in [-0.3, -0.25) is 0 Å². The number of halogens is 2. The third kappa shape index (κ3) is 3.89. The normalized spacial score (nSPS) is 20.2. The number of hydrogen-bond acceptors (Lipinski definition) is 3. The minimum atomic E-state index is -0.944. The highest BCUT2D eigenvalue weighted by Gasteiger charge is 2.24. The molecular weight excluding hydrogens is 282 g/mol. The summed E-state index contributed by atoms with van der Waals surface area (Å²) >= 11 is 0. The number of aliphatic hydroxyl groups excluding tert-OH is 1. The topological polar surface area (TPSA) is 61.8 Å². The number of nitrogens with zero attached hydrogens (tertiary/aromatic N) is 1. The van der Waals surface area contributed by atoms with Crippen LogP contribution in [0.3, 0.4) is 0 Å². The summed E-state index contributed by atoms with van der Waals surface area (Å²) in [5.74, 6) is -1.86. The van der Waals surface area contributed by atoms with E-state index in [1.807, 2.05) is 0 Å². The third-order valence-electron chi connectivity index (χ3n) is 3.41. The maximum Gasteiger partial charge on any atom is 0.318 e. The summed E-state index contributed by atoms with van der Waals surface area (Å²) in [5, 5.41) is 11.8. The van der Waals surface area contributed by atoms with Crippen molar-refractivity contribution in [2.75, 3.05) is 26.3 Å². The van der Waals surface area contributed by atoms with Crippen LogP contribution in [0.2, 0.25) is 0 Å². The zero-order chi connectivity index (χ0) is 15.4. The maximum atomic E-state index is 13.2. The molecule has 5 nitrogen and oxygen atoms in total. The molecule has 2 N–H and O–H groups in total. The van der Waals surface area contributed by atoms with Gasteiger partial charge < -0.3 is 20.1 Å². The standard InChI is InChI=1S/C14H18F2N2O3/c1-9(10-2-3-12(15)13(16)6-10)17-14(20)18-4-5-21-11(7-18)8-19/h2-3,6,9,11,19H,4-5,7-8H2,1H3,(H,17,20)/t9-,11-/m0/s1. The molecule has 7 heteroatoms. The van der Waals surface area contributed by atoms with E-state index in [1.54, 1.807) is 6.92 Å². The molecule has 21 heavy (non-hydrogen) atoms. The summed E-state index contributed by atoms with van der Waals surface area (Å²) in [6.45, 7) is 2.62. The minimum absolute atomic E-state index is 0.150. The highest BCUT2D eigenvalue weighted by atomic mass is 19.2. The Kier molecular flexibility index (Phi) is 5.08. The van der Waals surface area contributed by atoms with E-state index in [0.717, 1.165) is 12.1 Å². The fourth-order valence-electron chi connectivity index (χ4n) is 2.16. The molecule has 0 saturated carbocycles. The van der Waals surface area contributed by atoms with Crippen LogP contribution in [0.5, 0.6) is 0 Å². The molecule has 1 fully saturated rings. The van der Waals surface area contributed by atoms with Crippen LogP contribution in [0.4, 0.5) is 13.6 Å². The second kappa shape index (κ2) is 6.82. The van der Waals surface area contributed by atoms with Crippen LogP contribution in [0, 0.1) is 11.6 Å². The SMILES string of the molecule is C[C@H](NC(=O)N1CCO[C@H](CO)C1)c1ccc(F)c(F)c1. The molecule has 2 rings (SSSR count). The molecule has 2 amide bonds. The Bertz CT molecular complexity index is 513. The van der Waals surface area contributed by atoms with Crippen molar-refractivity contribution in [2.24, 2.45) is 0 Å². The molecule has 0 radical (unpaired) electrons. The van der Waals surface area contributed by atoms with Gasteiger partial charge in [0.05, 0.1) is 31.9 Å². The fourth-order valence-corrected chi connectivity index (χ4v) is 2.16. The van der Waals surface area contributed by atoms with E-state index in [1.165, 1.54) is 11.0 Å². The lowest BCUT2D eigenvalue weighted by Gasteiger charge is -2.33. The number of ether oxygens (including phenoxy) is 1. The molecule has 1 heterocycles. The van der Waals surface area contributed by atoms with Gasteiger partial charge >= 0.3 is 6.03 Å². The molecule has 0 spiro atoms. The highest BCUT2D eigenvalue weighted by Crippen LogP contribution is 2.16. The average molecular weight is 300 g/mol. The number of rotatable bonds is 3. The van der Waals surface area contributed by atoms with Crippen molar-refractivity contribution < 1.29 is 23.4 Å². The minimum Gasteiger partial charge on any atom is -0.394 e. The molecule has 0 aromatic heterocycles. The van der Waals surface area contributed by atoms with Gasteiger partial charge in [0, 0.05) is 6.54 Å². The van der Waals surface area contributed by atoms with Crippen LogP contribution in [-0.2, 0) is 4.74 Å². The molecule has 0 bridgehead atoms. The van der Waals surface area contributed by atoms with Gasteiger partial charge in [0.1, 0.15) is 0 Å². The molecule has 116 valence electrons. The number of morpholine rings is 1. The van der Waals surface area contributed by atoms with Crippen LogP contribution in [0.25, 0.3) is 0 Å². The van der Waals surface area contributed by atoms with Crippen LogP contribution in [-0.4, -0.2) is 48.4 Å². The first-order valence-electron chi connectivity index (χ1n) is 6.74. The fraction of sp³-hybridized carbons (Fsp3) is 0.500. The Morgan fingerprint density at radius 2 is 2.29 bits per heavy atom. The second-order valence-corrected chi connectivity index (χ2v) is 4.97. The number of nitrogens with one attached hydrogen (secondary N) is 1. The molecule has 0 aliphatic carbocycles. The molecule has 1 aliphatic rings. The van der Waals surface area contributed by atoms with E-state index >= 15 is 0 Å². The molecule has 1 aromatic rings. The number of carbonyl (C=O) groups excluding carboxylic acids is 1. The van der Waals surface area contributed by atoms with E-state index in [2.05, 4.69) is 5.32 Å². The highest BCUT2D eigenvalue weighted by molar-refractivity contribution is 5.74. The maximum absolute atomic E-state index is 13.2. The predicted octanol–water partition coefficient (Wildman–Crippen LogP) is 1.43.